The second-order valence-corrected chi connectivity index (χ2v) is 6.65. The molecule has 0 amide bonds. The van der Waals surface area contributed by atoms with Gasteiger partial charge >= 0.3 is 5.97 Å². The van der Waals surface area contributed by atoms with E-state index in [0.717, 1.165) is 10.6 Å². The Hall–Kier alpha value is -1.16. The molecule has 1 N–H and O–H groups in total. The highest BCUT2D eigenvalue weighted by molar-refractivity contribution is 8.01. The molecule has 0 radical (unpaired) electrons. The number of thioether (sulfide) groups is 1. The van der Waals surface area contributed by atoms with Gasteiger partial charge in [0.2, 0.25) is 0 Å². The molecular formula is C14H20O3S. The Morgan fingerprint density at radius 3 is 2.44 bits per heavy atom. The van der Waals surface area contributed by atoms with Crippen molar-refractivity contribution in [2.24, 2.45) is 0 Å². The zero-order valence-electron chi connectivity index (χ0n) is 11.5. The van der Waals surface area contributed by atoms with E-state index in [1.807, 2.05) is 18.2 Å². The van der Waals surface area contributed by atoms with Gasteiger partial charge in [0.25, 0.3) is 0 Å². The van der Waals surface area contributed by atoms with E-state index in [0.29, 0.717) is 5.92 Å². The molecule has 18 heavy (non-hydrogen) atoms. The van der Waals surface area contributed by atoms with Crippen LogP contribution in [0.4, 0.5) is 0 Å². The minimum atomic E-state index is -0.872. The fourth-order valence-electron chi connectivity index (χ4n) is 1.45. The van der Waals surface area contributed by atoms with Crippen LogP contribution < -0.4 is 4.74 Å². The molecule has 0 aliphatic carbocycles. The number of carboxylic acid groups (broad SMARTS) is 1. The van der Waals surface area contributed by atoms with Gasteiger partial charge in [-0.3, -0.25) is 4.79 Å². The molecule has 0 atom stereocenters. The Bertz CT molecular complexity index is 439. The topological polar surface area (TPSA) is 46.5 Å². The predicted molar refractivity (Wildman–Crippen MR) is 74.7 cm³/mol. The Morgan fingerprint density at radius 2 is 2.00 bits per heavy atom. The normalized spacial score (nSPS) is 11.7. The molecule has 0 unspecified atom stereocenters. The molecule has 0 aromatic heterocycles. The average molecular weight is 268 g/mol. The van der Waals surface area contributed by atoms with Crippen LogP contribution in [0.15, 0.2) is 23.1 Å². The number of carbonyl (C=O) groups is 1. The van der Waals surface area contributed by atoms with Gasteiger partial charge in [-0.25, -0.2) is 0 Å². The molecule has 1 aromatic carbocycles. The zero-order chi connectivity index (χ0) is 13.9. The number of benzene rings is 1. The third-order valence-electron chi connectivity index (χ3n) is 2.73. The van der Waals surface area contributed by atoms with Gasteiger partial charge in [0.15, 0.2) is 0 Å². The van der Waals surface area contributed by atoms with Gasteiger partial charge in [0.1, 0.15) is 10.5 Å². The Balaban J connectivity index is 3.13. The van der Waals surface area contributed by atoms with Crippen molar-refractivity contribution in [2.75, 3.05) is 7.11 Å². The summed E-state index contributed by atoms with van der Waals surface area (Å²) in [6, 6.07) is 5.93. The van der Waals surface area contributed by atoms with Crippen molar-refractivity contribution < 1.29 is 14.6 Å². The average Bonchev–Trinajstić information content (AvgIpc) is 2.28. The predicted octanol–water partition coefficient (Wildman–Crippen LogP) is 3.77. The Kier molecular flexibility index (Phi) is 4.68. The number of carboxylic acids is 1. The molecule has 0 saturated heterocycles. The third-order valence-corrected chi connectivity index (χ3v) is 3.96. The first-order chi connectivity index (χ1) is 8.27. The molecule has 0 spiro atoms. The second-order valence-electron chi connectivity index (χ2n) is 4.98. The van der Waals surface area contributed by atoms with Gasteiger partial charge in [-0.1, -0.05) is 19.9 Å². The number of methoxy groups -OCH3 is 1. The lowest BCUT2D eigenvalue weighted by Gasteiger charge is -2.21. The summed E-state index contributed by atoms with van der Waals surface area (Å²) in [6.07, 6.45) is 0. The van der Waals surface area contributed by atoms with Gasteiger partial charge in [0, 0.05) is 0 Å². The van der Waals surface area contributed by atoms with Crippen molar-refractivity contribution in [2.45, 2.75) is 43.3 Å². The maximum Gasteiger partial charge on any atom is 0.319 e. The monoisotopic (exact) mass is 268 g/mol. The number of rotatable bonds is 5. The number of ether oxygens (including phenoxy) is 1. The molecule has 4 heteroatoms. The Labute approximate surface area is 113 Å². The molecule has 0 bridgehead atoms. The summed E-state index contributed by atoms with van der Waals surface area (Å²) in [4.78, 5) is 12.1. The molecule has 0 aliphatic rings. The fourth-order valence-corrected chi connectivity index (χ4v) is 2.53. The minimum Gasteiger partial charge on any atom is -0.496 e. The maximum absolute atomic E-state index is 11.2. The van der Waals surface area contributed by atoms with Crippen molar-refractivity contribution >= 4 is 17.7 Å². The first-order valence-electron chi connectivity index (χ1n) is 5.88. The van der Waals surface area contributed by atoms with E-state index in [1.165, 1.54) is 17.3 Å². The number of hydrogen-bond donors (Lipinski definition) is 1. The highest BCUT2D eigenvalue weighted by Crippen LogP contribution is 2.39. The van der Waals surface area contributed by atoms with E-state index >= 15 is 0 Å². The SMILES string of the molecule is COc1ccc(C(C)C)cc1SC(C)(C)C(=O)O. The van der Waals surface area contributed by atoms with E-state index in [2.05, 4.69) is 13.8 Å². The zero-order valence-corrected chi connectivity index (χ0v) is 12.3. The van der Waals surface area contributed by atoms with E-state index in [-0.39, 0.29) is 0 Å². The van der Waals surface area contributed by atoms with E-state index in [9.17, 15) is 9.90 Å². The summed E-state index contributed by atoms with van der Waals surface area (Å²) in [5, 5.41) is 9.18. The van der Waals surface area contributed by atoms with Crippen molar-refractivity contribution in [3.8, 4) is 5.75 Å². The number of aliphatic carboxylic acids is 1. The lowest BCUT2D eigenvalue weighted by atomic mass is 10.0. The fraction of sp³-hybridized carbons (Fsp3) is 0.500. The minimum absolute atomic E-state index is 0.406. The summed E-state index contributed by atoms with van der Waals surface area (Å²) in [5.74, 6) is 0.298. The van der Waals surface area contributed by atoms with E-state index in [1.54, 1.807) is 21.0 Å². The van der Waals surface area contributed by atoms with Crippen LogP contribution in [-0.4, -0.2) is 22.9 Å². The van der Waals surface area contributed by atoms with Gasteiger partial charge in [0.05, 0.1) is 12.0 Å². The molecule has 0 fully saturated rings. The molecule has 0 aliphatic heterocycles. The summed E-state index contributed by atoms with van der Waals surface area (Å²) in [5.41, 5.74) is 1.18. The first-order valence-corrected chi connectivity index (χ1v) is 6.70. The van der Waals surface area contributed by atoms with Crippen LogP contribution in [0.3, 0.4) is 0 Å². The lowest BCUT2D eigenvalue weighted by Crippen LogP contribution is -2.27. The van der Waals surface area contributed by atoms with Crippen molar-refractivity contribution in [1.82, 2.24) is 0 Å². The van der Waals surface area contributed by atoms with Crippen LogP contribution in [-0.2, 0) is 4.79 Å². The van der Waals surface area contributed by atoms with E-state index < -0.39 is 10.7 Å². The molecule has 0 saturated carbocycles. The quantitative estimate of drug-likeness (QED) is 0.826. The molecule has 100 valence electrons. The van der Waals surface area contributed by atoms with Gasteiger partial charge in [-0.05, 0) is 37.5 Å². The largest absolute Gasteiger partial charge is 0.496 e. The third kappa shape index (κ3) is 3.42. The van der Waals surface area contributed by atoms with Crippen LogP contribution in [0.5, 0.6) is 5.75 Å². The maximum atomic E-state index is 11.2. The summed E-state index contributed by atoms with van der Waals surface area (Å²) in [6.45, 7) is 7.61. The summed E-state index contributed by atoms with van der Waals surface area (Å²) >= 11 is 1.31. The summed E-state index contributed by atoms with van der Waals surface area (Å²) < 4.78 is 4.42. The lowest BCUT2D eigenvalue weighted by molar-refractivity contribution is -0.138. The molecular weight excluding hydrogens is 248 g/mol. The molecule has 3 nitrogen and oxygen atoms in total. The summed E-state index contributed by atoms with van der Waals surface area (Å²) in [7, 11) is 1.60. The van der Waals surface area contributed by atoms with Crippen molar-refractivity contribution in [3.63, 3.8) is 0 Å². The van der Waals surface area contributed by atoms with Crippen molar-refractivity contribution in [1.29, 1.82) is 0 Å². The smallest absolute Gasteiger partial charge is 0.319 e. The molecule has 1 aromatic rings. The highest BCUT2D eigenvalue weighted by Gasteiger charge is 2.29. The van der Waals surface area contributed by atoms with Crippen molar-refractivity contribution in [3.05, 3.63) is 23.8 Å². The van der Waals surface area contributed by atoms with Gasteiger partial charge < -0.3 is 9.84 Å². The Morgan fingerprint density at radius 1 is 1.39 bits per heavy atom. The molecule has 0 heterocycles. The van der Waals surface area contributed by atoms with Gasteiger partial charge in [-0.2, -0.15) is 0 Å². The first kappa shape index (κ1) is 14.9. The van der Waals surface area contributed by atoms with Crippen LogP contribution in [0.1, 0.15) is 39.2 Å². The van der Waals surface area contributed by atoms with Crippen LogP contribution >= 0.6 is 11.8 Å². The standard InChI is InChI=1S/C14H20O3S/c1-9(2)10-6-7-11(17-5)12(8-10)18-14(3,4)13(15)16/h6-9H,1-5H3,(H,15,16). The van der Waals surface area contributed by atoms with Crippen LogP contribution in [0.25, 0.3) is 0 Å². The van der Waals surface area contributed by atoms with Crippen LogP contribution in [0.2, 0.25) is 0 Å². The second kappa shape index (κ2) is 5.65. The van der Waals surface area contributed by atoms with E-state index in [4.69, 9.17) is 4.74 Å². The highest BCUT2D eigenvalue weighted by atomic mass is 32.2. The van der Waals surface area contributed by atoms with Crippen LogP contribution in [0, 0.1) is 0 Å². The molecule has 1 rings (SSSR count). The number of hydrogen-bond acceptors (Lipinski definition) is 3. The van der Waals surface area contributed by atoms with Gasteiger partial charge in [-0.15, -0.1) is 11.8 Å².